The summed E-state index contributed by atoms with van der Waals surface area (Å²) in [5.41, 5.74) is 3.35. The van der Waals surface area contributed by atoms with E-state index in [-0.39, 0.29) is 0 Å². The summed E-state index contributed by atoms with van der Waals surface area (Å²) < 4.78 is 0. The number of pyridine rings is 2. The van der Waals surface area contributed by atoms with Crippen LogP contribution in [-0.4, -0.2) is 33.5 Å². The number of benzene rings is 1. The second-order valence-electron chi connectivity index (χ2n) is 7.04. The van der Waals surface area contributed by atoms with Crippen LogP contribution < -0.4 is 10.2 Å². The SMILES string of the molecule is CN(CCc1ccncc1)c1cc(NCc2cccnc2)nc(-c2ccccc2)n1. The second-order valence-corrected chi connectivity index (χ2v) is 7.04. The van der Waals surface area contributed by atoms with Gasteiger partial charge in [-0.05, 0) is 35.7 Å². The number of aromatic nitrogens is 4. The minimum absolute atomic E-state index is 0.652. The lowest BCUT2D eigenvalue weighted by Crippen LogP contribution is -2.22. The van der Waals surface area contributed by atoms with Gasteiger partial charge in [-0.1, -0.05) is 36.4 Å². The molecule has 1 N–H and O–H groups in total. The van der Waals surface area contributed by atoms with Crippen molar-refractivity contribution in [3.05, 3.63) is 96.6 Å². The lowest BCUT2D eigenvalue weighted by atomic mass is 10.2. The van der Waals surface area contributed by atoms with Gasteiger partial charge in [0.25, 0.3) is 0 Å². The molecule has 0 radical (unpaired) electrons. The van der Waals surface area contributed by atoms with E-state index in [9.17, 15) is 0 Å². The van der Waals surface area contributed by atoms with Crippen LogP contribution in [0.3, 0.4) is 0 Å². The van der Waals surface area contributed by atoms with Gasteiger partial charge in [0.15, 0.2) is 5.82 Å². The van der Waals surface area contributed by atoms with E-state index in [2.05, 4.69) is 27.2 Å². The molecule has 0 saturated carbocycles. The van der Waals surface area contributed by atoms with Crippen LogP contribution in [0.2, 0.25) is 0 Å². The zero-order chi connectivity index (χ0) is 20.6. The number of anilines is 2. The zero-order valence-electron chi connectivity index (χ0n) is 16.9. The van der Waals surface area contributed by atoms with Gasteiger partial charge in [-0.3, -0.25) is 9.97 Å². The van der Waals surface area contributed by atoms with Crippen molar-refractivity contribution in [1.82, 2.24) is 19.9 Å². The maximum Gasteiger partial charge on any atom is 0.163 e. The van der Waals surface area contributed by atoms with E-state index in [1.807, 2.05) is 79.3 Å². The maximum absolute atomic E-state index is 4.82. The largest absolute Gasteiger partial charge is 0.366 e. The van der Waals surface area contributed by atoms with Crippen LogP contribution in [0.5, 0.6) is 0 Å². The predicted octanol–water partition coefficient (Wildman–Crippen LogP) is 4.22. The normalized spacial score (nSPS) is 10.6. The highest BCUT2D eigenvalue weighted by Crippen LogP contribution is 2.22. The first-order valence-electron chi connectivity index (χ1n) is 9.95. The van der Waals surface area contributed by atoms with Gasteiger partial charge in [0.05, 0.1) is 0 Å². The number of rotatable bonds is 8. The standard InChI is InChI=1S/C24H24N6/c1-30(15-11-19-9-13-25-14-10-19)23-16-22(27-18-20-6-5-12-26-17-20)28-24(29-23)21-7-3-2-4-8-21/h2-10,12-14,16-17H,11,15,18H2,1H3,(H,27,28,29). The summed E-state index contributed by atoms with van der Waals surface area (Å²) >= 11 is 0. The Morgan fingerprint density at radius 2 is 1.67 bits per heavy atom. The van der Waals surface area contributed by atoms with Gasteiger partial charge in [0.2, 0.25) is 0 Å². The van der Waals surface area contributed by atoms with Crippen LogP contribution in [0.1, 0.15) is 11.1 Å². The predicted molar refractivity (Wildman–Crippen MR) is 120 cm³/mol. The van der Waals surface area contributed by atoms with Crippen molar-refractivity contribution in [3.8, 4) is 11.4 Å². The molecule has 0 aliphatic carbocycles. The number of hydrogen-bond donors (Lipinski definition) is 1. The van der Waals surface area contributed by atoms with Crippen LogP contribution in [0.4, 0.5) is 11.6 Å². The van der Waals surface area contributed by atoms with Gasteiger partial charge in [-0.2, -0.15) is 0 Å². The van der Waals surface area contributed by atoms with E-state index >= 15 is 0 Å². The topological polar surface area (TPSA) is 66.8 Å². The third-order valence-electron chi connectivity index (χ3n) is 4.82. The van der Waals surface area contributed by atoms with E-state index in [0.29, 0.717) is 12.4 Å². The first-order valence-corrected chi connectivity index (χ1v) is 9.95. The van der Waals surface area contributed by atoms with Crippen molar-refractivity contribution in [2.24, 2.45) is 0 Å². The van der Waals surface area contributed by atoms with Crippen molar-refractivity contribution in [1.29, 1.82) is 0 Å². The fraction of sp³-hybridized carbons (Fsp3) is 0.167. The number of hydrogen-bond acceptors (Lipinski definition) is 6. The Hall–Kier alpha value is -3.80. The summed E-state index contributed by atoms with van der Waals surface area (Å²) in [5.74, 6) is 2.38. The number of nitrogens with zero attached hydrogens (tertiary/aromatic N) is 5. The Labute approximate surface area is 176 Å². The molecule has 6 nitrogen and oxygen atoms in total. The molecule has 4 rings (SSSR count). The van der Waals surface area contributed by atoms with Crippen LogP contribution in [-0.2, 0) is 13.0 Å². The Morgan fingerprint density at radius 1 is 0.833 bits per heavy atom. The highest BCUT2D eigenvalue weighted by Gasteiger charge is 2.11. The number of nitrogens with one attached hydrogen (secondary N) is 1. The summed E-state index contributed by atoms with van der Waals surface area (Å²) in [7, 11) is 2.06. The third kappa shape index (κ3) is 5.17. The molecule has 0 spiro atoms. The number of likely N-dealkylation sites (N-methyl/N-ethyl adjacent to an activating group) is 1. The van der Waals surface area contributed by atoms with Crippen molar-refractivity contribution in [2.75, 3.05) is 23.8 Å². The van der Waals surface area contributed by atoms with Crippen molar-refractivity contribution >= 4 is 11.6 Å². The van der Waals surface area contributed by atoms with Crippen LogP contribution in [0.15, 0.2) is 85.5 Å². The fourth-order valence-electron chi connectivity index (χ4n) is 3.09. The van der Waals surface area contributed by atoms with Crippen LogP contribution in [0.25, 0.3) is 11.4 Å². The molecule has 30 heavy (non-hydrogen) atoms. The van der Waals surface area contributed by atoms with Gasteiger partial charge >= 0.3 is 0 Å². The van der Waals surface area contributed by atoms with Gasteiger partial charge < -0.3 is 10.2 Å². The Morgan fingerprint density at radius 3 is 2.43 bits per heavy atom. The first kappa shape index (κ1) is 19.5. The Bertz CT molecular complexity index is 1050. The average molecular weight is 396 g/mol. The zero-order valence-corrected chi connectivity index (χ0v) is 16.9. The molecule has 0 saturated heterocycles. The van der Waals surface area contributed by atoms with Crippen molar-refractivity contribution in [2.45, 2.75) is 13.0 Å². The third-order valence-corrected chi connectivity index (χ3v) is 4.82. The van der Waals surface area contributed by atoms with Gasteiger partial charge in [-0.25, -0.2) is 9.97 Å². The molecule has 0 aliphatic heterocycles. The van der Waals surface area contributed by atoms with Crippen molar-refractivity contribution < 1.29 is 0 Å². The van der Waals surface area contributed by atoms with Crippen LogP contribution >= 0.6 is 0 Å². The molecule has 150 valence electrons. The van der Waals surface area contributed by atoms with E-state index in [0.717, 1.165) is 35.7 Å². The van der Waals surface area contributed by atoms with Crippen molar-refractivity contribution in [3.63, 3.8) is 0 Å². The Balaban J connectivity index is 1.56. The summed E-state index contributed by atoms with van der Waals surface area (Å²) in [6.07, 6.45) is 8.20. The molecule has 0 aliphatic rings. The van der Waals surface area contributed by atoms with Crippen LogP contribution in [0, 0.1) is 0 Å². The fourth-order valence-corrected chi connectivity index (χ4v) is 3.09. The van der Waals surface area contributed by atoms with E-state index in [4.69, 9.17) is 9.97 Å². The van der Waals surface area contributed by atoms with Gasteiger partial charge in [0.1, 0.15) is 11.6 Å². The smallest absolute Gasteiger partial charge is 0.163 e. The molecular formula is C24H24N6. The molecule has 0 bridgehead atoms. The molecule has 0 fully saturated rings. The quantitative estimate of drug-likeness (QED) is 0.481. The molecular weight excluding hydrogens is 372 g/mol. The highest BCUT2D eigenvalue weighted by atomic mass is 15.2. The second kappa shape index (κ2) is 9.60. The summed E-state index contributed by atoms with van der Waals surface area (Å²) in [6.45, 7) is 1.50. The van der Waals surface area contributed by atoms with E-state index < -0.39 is 0 Å². The maximum atomic E-state index is 4.82. The monoisotopic (exact) mass is 396 g/mol. The van der Waals surface area contributed by atoms with Gasteiger partial charge in [-0.15, -0.1) is 0 Å². The van der Waals surface area contributed by atoms with Gasteiger partial charge in [0, 0.05) is 56.6 Å². The molecule has 0 unspecified atom stereocenters. The minimum atomic E-state index is 0.652. The lowest BCUT2D eigenvalue weighted by molar-refractivity contribution is 0.855. The first-order chi connectivity index (χ1) is 14.8. The average Bonchev–Trinajstić information content (AvgIpc) is 2.83. The van der Waals surface area contributed by atoms with E-state index in [1.54, 1.807) is 6.20 Å². The lowest BCUT2D eigenvalue weighted by Gasteiger charge is -2.20. The Kier molecular flexibility index (Phi) is 6.25. The summed E-state index contributed by atoms with van der Waals surface area (Å²) in [5, 5.41) is 3.41. The molecule has 0 amide bonds. The van der Waals surface area contributed by atoms with E-state index in [1.165, 1.54) is 5.56 Å². The molecule has 3 aromatic heterocycles. The minimum Gasteiger partial charge on any atom is -0.366 e. The molecule has 0 atom stereocenters. The molecule has 6 heteroatoms. The highest BCUT2D eigenvalue weighted by molar-refractivity contribution is 5.61. The molecule has 3 heterocycles. The summed E-state index contributed by atoms with van der Waals surface area (Å²) in [6, 6.07) is 20.1. The summed E-state index contributed by atoms with van der Waals surface area (Å²) in [4.78, 5) is 20.0. The molecule has 1 aromatic carbocycles. The molecule has 4 aromatic rings.